The fourth-order valence-electron chi connectivity index (χ4n) is 1.79. The van der Waals surface area contributed by atoms with Gasteiger partial charge in [-0.3, -0.25) is 5.32 Å². The van der Waals surface area contributed by atoms with Crippen molar-refractivity contribution < 1.29 is 4.79 Å². The van der Waals surface area contributed by atoms with Crippen LogP contribution in [0.15, 0.2) is 35.5 Å². The zero-order chi connectivity index (χ0) is 15.7. The fraction of sp³-hybridized carbons (Fsp3) is 0.375. The quantitative estimate of drug-likeness (QED) is 0.441. The standard InChI is InChI=1S/C16H24N4O/c1-4-5-6-7-10-18-15(17)20-16(21)19-14-9-8-12(2)11-13(14)3/h7-11H,4-6H2,1-3H3,(H4,17,18,19,20,21)/b10-7+. The van der Waals surface area contributed by atoms with Crippen molar-refractivity contribution in [1.29, 1.82) is 0 Å². The van der Waals surface area contributed by atoms with Crippen LogP contribution in [0.25, 0.3) is 0 Å². The number of unbranched alkanes of at least 4 members (excludes halogenated alkanes) is 2. The van der Waals surface area contributed by atoms with Crippen molar-refractivity contribution in [3.05, 3.63) is 41.6 Å². The van der Waals surface area contributed by atoms with E-state index in [9.17, 15) is 4.79 Å². The third kappa shape index (κ3) is 6.61. The summed E-state index contributed by atoms with van der Waals surface area (Å²) in [7, 11) is 0. The maximum atomic E-state index is 11.8. The minimum atomic E-state index is -0.398. The average Bonchev–Trinajstić information content (AvgIpc) is 2.41. The van der Waals surface area contributed by atoms with E-state index in [4.69, 9.17) is 5.73 Å². The number of allylic oxidation sites excluding steroid dienone is 1. The lowest BCUT2D eigenvalue weighted by atomic mass is 10.1. The van der Waals surface area contributed by atoms with Crippen LogP contribution in [0.3, 0.4) is 0 Å². The lowest BCUT2D eigenvalue weighted by Crippen LogP contribution is -2.39. The van der Waals surface area contributed by atoms with Gasteiger partial charge in [0.15, 0.2) is 0 Å². The number of rotatable bonds is 5. The summed E-state index contributed by atoms with van der Waals surface area (Å²) in [6.07, 6.45) is 6.76. The minimum Gasteiger partial charge on any atom is -0.369 e. The number of carbonyl (C=O) groups is 1. The topological polar surface area (TPSA) is 79.5 Å². The summed E-state index contributed by atoms with van der Waals surface area (Å²) in [6, 6.07) is 5.41. The van der Waals surface area contributed by atoms with Crippen LogP contribution in [-0.2, 0) is 0 Å². The number of urea groups is 1. The highest BCUT2D eigenvalue weighted by Gasteiger charge is 2.05. The number of nitrogens with one attached hydrogen (secondary N) is 2. The molecule has 0 radical (unpaired) electrons. The van der Waals surface area contributed by atoms with Gasteiger partial charge in [-0.2, -0.15) is 0 Å². The fourth-order valence-corrected chi connectivity index (χ4v) is 1.79. The van der Waals surface area contributed by atoms with Gasteiger partial charge in [-0.25, -0.2) is 9.79 Å². The molecule has 0 aliphatic rings. The zero-order valence-electron chi connectivity index (χ0n) is 12.9. The molecule has 0 aliphatic carbocycles. The van der Waals surface area contributed by atoms with Gasteiger partial charge in [-0.1, -0.05) is 43.5 Å². The van der Waals surface area contributed by atoms with E-state index >= 15 is 0 Å². The number of aliphatic imine (C=N–C) groups is 1. The number of nitrogens with two attached hydrogens (primary N) is 1. The molecule has 5 heteroatoms. The van der Waals surface area contributed by atoms with Gasteiger partial charge in [0, 0.05) is 11.9 Å². The van der Waals surface area contributed by atoms with Crippen LogP contribution < -0.4 is 16.4 Å². The van der Waals surface area contributed by atoms with Crippen molar-refractivity contribution in [3.63, 3.8) is 0 Å². The summed E-state index contributed by atoms with van der Waals surface area (Å²) in [6.45, 7) is 6.08. The number of benzene rings is 1. The Morgan fingerprint density at radius 3 is 2.81 bits per heavy atom. The van der Waals surface area contributed by atoms with Gasteiger partial charge in [0.1, 0.15) is 0 Å². The molecule has 0 saturated carbocycles. The number of anilines is 1. The lowest BCUT2D eigenvalue weighted by Gasteiger charge is -2.09. The van der Waals surface area contributed by atoms with E-state index in [1.54, 1.807) is 6.20 Å². The maximum Gasteiger partial charge on any atom is 0.326 e. The molecule has 0 unspecified atom stereocenters. The molecule has 0 bridgehead atoms. The van der Waals surface area contributed by atoms with Crippen LogP contribution >= 0.6 is 0 Å². The second-order valence-corrected chi connectivity index (χ2v) is 4.94. The predicted molar refractivity (Wildman–Crippen MR) is 88.4 cm³/mol. The summed E-state index contributed by atoms with van der Waals surface area (Å²) in [4.78, 5) is 15.7. The molecule has 114 valence electrons. The molecule has 21 heavy (non-hydrogen) atoms. The molecule has 0 atom stereocenters. The van der Waals surface area contributed by atoms with E-state index in [1.807, 2.05) is 38.1 Å². The first-order valence-electron chi connectivity index (χ1n) is 7.16. The molecule has 1 aromatic carbocycles. The van der Waals surface area contributed by atoms with Crippen molar-refractivity contribution in [2.24, 2.45) is 10.7 Å². The summed E-state index contributed by atoms with van der Waals surface area (Å²) in [5.74, 6) is 0.0741. The van der Waals surface area contributed by atoms with Gasteiger partial charge in [0.25, 0.3) is 0 Å². The lowest BCUT2D eigenvalue weighted by molar-refractivity contribution is 0.256. The normalized spacial score (nSPS) is 11.7. The second kappa shape index (κ2) is 8.79. The molecule has 1 aromatic rings. The molecule has 4 N–H and O–H groups in total. The summed E-state index contributed by atoms with van der Waals surface area (Å²) < 4.78 is 0. The second-order valence-electron chi connectivity index (χ2n) is 4.94. The maximum absolute atomic E-state index is 11.8. The predicted octanol–water partition coefficient (Wildman–Crippen LogP) is 3.44. The molecule has 2 amide bonds. The highest BCUT2D eigenvalue weighted by atomic mass is 16.2. The average molecular weight is 288 g/mol. The van der Waals surface area contributed by atoms with Gasteiger partial charge in [-0.05, 0) is 31.9 Å². The van der Waals surface area contributed by atoms with Crippen molar-refractivity contribution in [3.8, 4) is 0 Å². The van der Waals surface area contributed by atoms with Crippen molar-refractivity contribution in [2.75, 3.05) is 5.32 Å². The number of hydrogen-bond acceptors (Lipinski definition) is 2. The van der Waals surface area contributed by atoms with Gasteiger partial charge in [0.05, 0.1) is 0 Å². The number of carbonyl (C=O) groups excluding carboxylic acids is 1. The van der Waals surface area contributed by atoms with E-state index in [0.717, 1.165) is 36.1 Å². The molecular formula is C16H24N4O. The third-order valence-corrected chi connectivity index (χ3v) is 2.92. The number of aryl methyl sites for hydroxylation is 2. The molecular weight excluding hydrogens is 264 g/mol. The van der Waals surface area contributed by atoms with Crippen LogP contribution in [0.5, 0.6) is 0 Å². The molecule has 0 heterocycles. The Labute approximate surface area is 126 Å². The molecule has 0 saturated heterocycles. The Balaban J connectivity index is 2.49. The number of guanidine groups is 1. The molecule has 5 nitrogen and oxygen atoms in total. The number of hydrogen-bond donors (Lipinski definition) is 3. The van der Waals surface area contributed by atoms with Gasteiger partial charge >= 0.3 is 6.03 Å². The van der Waals surface area contributed by atoms with Gasteiger partial charge in [0.2, 0.25) is 5.96 Å². The number of nitrogens with zero attached hydrogens (tertiary/aromatic N) is 1. The van der Waals surface area contributed by atoms with Crippen LogP contribution in [0.4, 0.5) is 10.5 Å². The summed E-state index contributed by atoms with van der Waals surface area (Å²) >= 11 is 0. The van der Waals surface area contributed by atoms with Crippen LogP contribution in [-0.4, -0.2) is 12.0 Å². The number of amides is 2. The van der Waals surface area contributed by atoms with Crippen molar-refractivity contribution in [1.82, 2.24) is 5.32 Å². The Hall–Kier alpha value is -2.30. The minimum absolute atomic E-state index is 0.0741. The van der Waals surface area contributed by atoms with Crippen molar-refractivity contribution >= 4 is 17.7 Å². The van der Waals surface area contributed by atoms with E-state index in [1.165, 1.54) is 0 Å². The van der Waals surface area contributed by atoms with Crippen LogP contribution in [0, 0.1) is 13.8 Å². The first-order valence-corrected chi connectivity index (χ1v) is 7.16. The molecule has 0 aromatic heterocycles. The van der Waals surface area contributed by atoms with Crippen LogP contribution in [0.2, 0.25) is 0 Å². The van der Waals surface area contributed by atoms with Crippen molar-refractivity contribution in [2.45, 2.75) is 40.0 Å². The molecule has 0 aliphatic heterocycles. The Morgan fingerprint density at radius 1 is 1.38 bits per heavy atom. The first kappa shape index (κ1) is 16.8. The Bertz CT molecular complexity index is 535. The molecule has 0 spiro atoms. The molecule has 1 rings (SSSR count). The third-order valence-electron chi connectivity index (χ3n) is 2.92. The van der Waals surface area contributed by atoms with E-state index < -0.39 is 6.03 Å². The highest BCUT2D eigenvalue weighted by molar-refractivity contribution is 6.02. The van der Waals surface area contributed by atoms with E-state index in [-0.39, 0.29) is 5.96 Å². The monoisotopic (exact) mass is 288 g/mol. The Kier molecular flexibility index (Phi) is 7.01. The zero-order valence-corrected chi connectivity index (χ0v) is 12.9. The van der Waals surface area contributed by atoms with Gasteiger partial charge < -0.3 is 11.1 Å². The van der Waals surface area contributed by atoms with Crippen LogP contribution in [0.1, 0.15) is 37.3 Å². The summed E-state index contributed by atoms with van der Waals surface area (Å²) in [5, 5.41) is 5.23. The van der Waals surface area contributed by atoms with Gasteiger partial charge in [-0.15, -0.1) is 0 Å². The molecule has 0 fully saturated rings. The largest absolute Gasteiger partial charge is 0.369 e. The van der Waals surface area contributed by atoms with E-state index in [0.29, 0.717) is 0 Å². The highest BCUT2D eigenvalue weighted by Crippen LogP contribution is 2.15. The Morgan fingerprint density at radius 2 is 2.14 bits per heavy atom. The summed E-state index contributed by atoms with van der Waals surface area (Å²) in [5.41, 5.74) is 8.54. The van der Waals surface area contributed by atoms with E-state index in [2.05, 4.69) is 22.5 Å². The SMILES string of the molecule is CCCC/C=C/N=C(N)NC(=O)Nc1ccc(C)cc1C. The first-order chi connectivity index (χ1) is 10.0. The smallest absolute Gasteiger partial charge is 0.326 e.